The Labute approximate surface area is 210 Å². The monoisotopic (exact) mass is 537 g/mol. The molecule has 4 rings (SSSR count). The molecule has 4 aromatic rings. The van der Waals surface area contributed by atoms with Crippen molar-refractivity contribution in [1.29, 1.82) is 0 Å². The Morgan fingerprint density at radius 2 is 1.81 bits per heavy atom. The van der Waals surface area contributed by atoms with E-state index in [0.29, 0.717) is 23.3 Å². The highest BCUT2D eigenvalue weighted by atomic mass is 35.5. The van der Waals surface area contributed by atoms with E-state index in [1.807, 2.05) is 4.72 Å². The van der Waals surface area contributed by atoms with Gasteiger partial charge in [0.05, 0.1) is 22.6 Å². The molecule has 0 aliphatic heterocycles. The fourth-order valence-electron chi connectivity index (χ4n) is 3.07. The Morgan fingerprint density at radius 1 is 1.00 bits per heavy atom. The van der Waals surface area contributed by atoms with Crippen LogP contribution in [0, 0.1) is 23.3 Å². The Bertz CT molecular complexity index is 1420. The van der Waals surface area contributed by atoms with Gasteiger partial charge >= 0.3 is 0 Å². The SMILES string of the molecule is CNc1nccc(-c2cccnc2Oc2cc(F)c(N[S+]([O-])Cc3ccc(Cl)cc3F)c(F)c2F)n1. The van der Waals surface area contributed by atoms with E-state index in [0.717, 1.165) is 6.07 Å². The molecular weight excluding hydrogens is 522 g/mol. The maximum atomic E-state index is 14.8. The van der Waals surface area contributed by atoms with Crippen LogP contribution in [0.1, 0.15) is 5.56 Å². The molecule has 2 aromatic heterocycles. The number of rotatable bonds is 8. The van der Waals surface area contributed by atoms with E-state index in [1.165, 1.54) is 24.5 Å². The molecule has 0 aliphatic carbocycles. The second-order valence-electron chi connectivity index (χ2n) is 7.16. The topological polar surface area (TPSA) is 95.0 Å². The summed E-state index contributed by atoms with van der Waals surface area (Å²) in [6.07, 6.45) is 2.82. The van der Waals surface area contributed by atoms with E-state index < -0.39 is 51.8 Å². The van der Waals surface area contributed by atoms with E-state index in [4.69, 9.17) is 16.3 Å². The van der Waals surface area contributed by atoms with Gasteiger partial charge in [0.25, 0.3) is 0 Å². The van der Waals surface area contributed by atoms with Gasteiger partial charge in [0.1, 0.15) is 5.82 Å². The number of hydrogen-bond acceptors (Lipinski definition) is 7. The van der Waals surface area contributed by atoms with Crippen LogP contribution in [0.25, 0.3) is 11.3 Å². The molecule has 186 valence electrons. The average Bonchev–Trinajstić information content (AvgIpc) is 2.87. The molecule has 0 fully saturated rings. The smallest absolute Gasteiger partial charge is 0.228 e. The molecular formula is C23H16ClF4N5O2S. The Morgan fingerprint density at radius 3 is 2.56 bits per heavy atom. The van der Waals surface area contributed by atoms with Gasteiger partial charge in [-0.15, -0.1) is 0 Å². The third-order valence-electron chi connectivity index (χ3n) is 4.78. The summed E-state index contributed by atoms with van der Waals surface area (Å²) < 4.78 is 78.0. The molecule has 0 aliphatic rings. The fraction of sp³-hybridized carbons (Fsp3) is 0.0870. The molecule has 0 bridgehead atoms. The van der Waals surface area contributed by atoms with Crippen molar-refractivity contribution in [1.82, 2.24) is 15.0 Å². The number of anilines is 2. The van der Waals surface area contributed by atoms with Crippen LogP contribution in [0.5, 0.6) is 11.6 Å². The van der Waals surface area contributed by atoms with E-state index in [1.54, 1.807) is 25.2 Å². The average molecular weight is 538 g/mol. The third-order valence-corrected chi connectivity index (χ3v) is 6.02. The van der Waals surface area contributed by atoms with Crippen molar-refractivity contribution in [2.75, 3.05) is 17.1 Å². The van der Waals surface area contributed by atoms with Crippen LogP contribution in [0.3, 0.4) is 0 Å². The summed E-state index contributed by atoms with van der Waals surface area (Å²) in [5.74, 6) is -6.38. The number of aromatic nitrogens is 3. The minimum Gasteiger partial charge on any atom is -0.593 e. The first-order valence-electron chi connectivity index (χ1n) is 10.2. The van der Waals surface area contributed by atoms with Crippen LogP contribution in [0.15, 0.2) is 54.9 Å². The largest absolute Gasteiger partial charge is 0.593 e. The molecule has 0 saturated carbocycles. The van der Waals surface area contributed by atoms with Crippen molar-refractivity contribution < 1.29 is 26.9 Å². The van der Waals surface area contributed by atoms with Gasteiger partial charge in [0.15, 0.2) is 28.8 Å². The normalized spacial score (nSPS) is 11.8. The van der Waals surface area contributed by atoms with Crippen molar-refractivity contribution in [3.63, 3.8) is 0 Å². The third kappa shape index (κ3) is 5.61. The van der Waals surface area contributed by atoms with Gasteiger partial charge in [-0.3, -0.25) is 0 Å². The van der Waals surface area contributed by atoms with Crippen LogP contribution < -0.4 is 14.8 Å². The van der Waals surface area contributed by atoms with Crippen LogP contribution in [-0.2, 0) is 17.1 Å². The highest BCUT2D eigenvalue weighted by Gasteiger charge is 2.25. The molecule has 0 saturated heterocycles. The van der Waals surface area contributed by atoms with Crippen LogP contribution in [0.2, 0.25) is 5.02 Å². The molecule has 2 heterocycles. The van der Waals surface area contributed by atoms with Gasteiger partial charge in [-0.1, -0.05) is 11.6 Å². The van der Waals surface area contributed by atoms with Crippen LogP contribution in [0.4, 0.5) is 29.2 Å². The number of hydrogen-bond donors (Lipinski definition) is 2. The maximum absolute atomic E-state index is 14.8. The molecule has 7 nitrogen and oxygen atoms in total. The molecule has 0 radical (unpaired) electrons. The molecule has 13 heteroatoms. The number of nitrogens with one attached hydrogen (secondary N) is 2. The second-order valence-corrected chi connectivity index (χ2v) is 8.78. The van der Waals surface area contributed by atoms with Crippen molar-refractivity contribution >= 4 is 34.6 Å². The number of halogens is 5. The van der Waals surface area contributed by atoms with Gasteiger partial charge in [-0.05, 0) is 36.4 Å². The van der Waals surface area contributed by atoms with Crippen molar-refractivity contribution in [2.24, 2.45) is 0 Å². The minimum absolute atomic E-state index is 0.0136. The van der Waals surface area contributed by atoms with Gasteiger partial charge in [0, 0.05) is 36.1 Å². The first-order valence-corrected chi connectivity index (χ1v) is 11.9. The highest BCUT2D eigenvalue weighted by molar-refractivity contribution is 7.91. The summed E-state index contributed by atoms with van der Waals surface area (Å²) in [6.45, 7) is 0. The summed E-state index contributed by atoms with van der Waals surface area (Å²) in [6, 6.07) is 8.94. The summed E-state index contributed by atoms with van der Waals surface area (Å²) in [5, 5.41) is 2.90. The van der Waals surface area contributed by atoms with Crippen molar-refractivity contribution in [3.8, 4) is 22.9 Å². The Kier molecular flexibility index (Phi) is 7.77. The van der Waals surface area contributed by atoms with Gasteiger partial charge in [-0.25, -0.2) is 32.8 Å². The summed E-state index contributed by atoms with van der Waals surface area (Å²) in [7, 11) is 1.62. The Hall–Kier alpha value is -3.61. The summed E-state index contributed by atoms with van der Waals surface area (Å²) in [4.78, 5) is 12.3. The van der Waals surface area contributed by atoms with Crippen molar-refractivity contribution in [3.05, 3.63) is 88.7 Å². The van der Waals surface area contributed by atoms with E-state index >= 15 is 0 Å². The van der Waals surface area contributed by atoms with Crippen molar-refractivity contribution in [2.45, 2.75) is 5.75 Å². The molecule has 2 aromatic carbocycles. The summed E-state index contributed by atoms with van der Waals surface area (Å²) >= 11 is 3.48. The van der Waals surface area contributed by atoms with Crippen LogP contribution in [-0.4, -0.2) is 26.6 Å². The second kappa shape index (κ2) is 11.0. The number of ether oxygens (including phenoxy) is 1. The molecule has 0 spiro atoms. The maximum Gasteiger partial charge on any atom is 0.228 e. The molecule has 1 unspecified atom stereocenters. The zero-order chi connectivity index (χ0) is 25.8. The highest BCUT2D eigenvalue weighted by Crippen LogP contribution is 2.36. The first-order chi connectivity index (χ1) is 17.3. The van der Waals surface area contributed by atoms with Gasteiger partial charge in [0.2, 0.25) is 17.6 Å². The zero-order valence-corrected chi connectivity index (χ0v) is 19.9. The summed E-state index contributed by atoms with van der Waals surface area (Å²) in [5.41, 5.74) is -0.338. The van der Waals surface area contributed by atoms with E-state index in [2.05, 4.69) is 20.3 Å². The predicted octanol–water partition coefficient (Wildman–Crippen LogP) is 5.86. The quantitative estimate of drug-likeness (QED) is 0.165. The lowest BCUT2D eigenvalue weighted by atomic mass is 10.2. The van der Waals surface area contributed by atoms with Gasteiger partial charge in [-0.2, -0.15) is 4.39 Å². The van der Waals surface area contributed by atoms with Gasteiger partial charge < -0.3 is 14.6 Å². The zero-order valence-electron chi connectivity index (χ0n) is 18.4. The van der Waals surface area contributed by atoms with E-state index in [9.17, 15) is 22.1 Å². The lowest BCUT2D eigenvalue weighted by Crippen LogP contribution is -2.18. The minimum atomic E-state index is -2.20. The molecule has 1 atom stereocenters. The molecule has 36 heavy (non-hydrogen) atoms. The fourth-order valence-corrected chi connectivity index (χ4v) is 4.23. The molecule has 0 amide bonds. The Balaban J connectivity index is 1.59. The first kappa shape index (κ1) is 25.5. The molecule has 2 N–H and O–H groups in total. The number of nitrogens with zero attached hydrogens (tertiary/aromatic N) is 3. The lowest BCUT2D eigenvalue weighted by molar-refractivity contribution is 0.401. The lowest BCUT2D eigenvalue weighted by Gasteiger charge is -2.16. The predicted molar refractivity (Wildman–Crippen MR) is 128 cm³/mol. The standard InChI is InChI=1S/C23H16ClF4N5O2S/c1-29-23-31-8-6-17(32-23)14-3-2-7-30-22(14)35-18-10-16(26)21(20(28)19(18)27)33-36(34)11-12-4-5-13(24)9-15(12)25/h2-10,33H,11H2,1H3,(H,29,31,32). The number of pyridine rings is 1. The van der Waals surface area contributed by atoms with E-state index in [-0.39, 0.29) is 16.5 Å². The van der Waals surface area contributed by atoms with Crippen LogP contribution >= 0.6 is 11.6 Å². The number of benzene rings is 2.